The number of aromatic nitrogens is 1. The number of hydrogen-bond acceptors (Lipinski definition) is 2. The van der Waals surface area contributed by atoms with Gasteiger partial charge in [-0.3, -0.25) is 9.59 Å². The molecule has 0 saturated heterocycles. The first-order valence-electron chi connectivity index (χ1n) is 6.02. The summed E-state index contributed by atoms with van der Waals surface area (Å²) in [6.07, 6.45) is 5.27. The second kappa shape index (κ2) is 5.48. The molecule has 1 aromatic heterocycles. The normalized spacial score (nSPS) is 14.2. The zero-order chi connectivity index (χ0) is 14.0. The van der Waals surface area contributed by atoms with E-state index in [2.05, 4.69) is 6.58 Å². The van der Waals surface area contributed by atoms with E-state index in [9.17, 15) is 9.59 Å². The smallest absolute Gasteiger partial charge is 0.323 e. The molecule has 1 N–H and O–H groups in total. The molecule has 6 heteroatoms. The fourth-order valence-electron chi connectivity index (χ4n) is 1.97. The molecule has 0 unspecified atom stereocenters. The Morgan fingerprint density at radius 1 is 1.58 bits per heavy atom. The maximum atomic E-state index is 12.4. The first kappa shape index (κ1) is 13.7. The minimum absolute atomic E-state index is 0.193. The molecule has 1 heterocycles. The van der Waals surface area contributed by atoms with E-state index in [-0.39, 0.29) is 19.0 Å². The van der Waals surface area contributed by atoms with Crippen LogP contribution in [0.15, 0.2) is 24.9 Å². The van der Waals surface area contributed by atoms with E-state index in [1.165, 1.54) is 11.0 Å². The maximum absolute atomic E-state index is 12.4. The highest BCUT2D eigenvalue weighted by molar-refractivity contribution is 6.31. The number of carboxylic acid groups (broad SMARTS) is 1. The third-order valence-corrected chi connectivity index (χ3v) is 3.14. The molecule has 0 bridgehead atoms. The van der Waals surface area contributed by atoms with E-state index in [1.54, 1.807) is 12.3 Å². The third kappa shape index (κ3) is 3.17. The number of hydrogen-bond donors (Lipinski definition) is 1. The Morgan fingerprint density at radius 3 is 2.79 bits per heavy atom. The average molecular weight is 283 g/mol. The Morgan fingerprint density at radius 2 is 2.26 bits per heavy atom. The molecule has 2 rings (SSSR count). The Labute approximate surface area is 116 Å². The molecule has 102 valence electrons. The van der Waals surface area contributed by atoms with Gasteiger partial charge < -0.3 is 14.6 Å². The van der Waals surface area contributed by atoms with Crippen LogP contribution < -0.4 is 0 Å². The maximum Gasteiger partial charge on any atom is 0.323 e. The predicted octanol–water partition coefficient (Wildman–Crippen LogP) is 2.19. The number of halogens is 1. The molecule has 1 aromatic rings. The highest BCUT2D eigenvalue weighted by Gasteiger charge is 2.29. The van der Waals surface area contributed by atoms with Gasteiger partial charge in [-0.2, -0.15) is 0 Å². The van der Waals surface area contributed by atoms with Crippen molar-refractivity contribution in [3.05, 3.63) is 35.6 Å². The summed E-state index contributed by atoms with van der Waals surface area (Å²) in [6.45, 7) is 3.38. The molecule has 1 aliphatic carbocycles. The minimum atomic E-state index is -1.05. The summed E-state index contributed by atoms with van der Waals surface area (Å²) in [5, 5.41) is 9.33. The van der Waals surface area contributed by atoms with Gasteiger partial charge in [0.1, 0.15) is 12.2 Å². The molecule has 0 aliphatic heterocycles. The highest BCUT2D eigenvalue weighted by Crippen LogP contribution is 2.37. The Bertz CT molecular complexity index is 520. The van der Waals surface area contributed by atoms with Crippen molar-refractivity contribution in [3.8, 4) is 0 Å². The molecular formula is C13H15ClN2O3. The molecule has 1 aliphatic rings. The molecule has 1 amide bonds. The third-order valence-electron chi connectivity index (χ3n) is 2.94. The molecule has 0 radical (unpaired) electrons. The molecule has 5 nitrogen and oxygen atoms in total. The summed E-state index contributed by atoms with van der Waals surface area (Å²) in [7, 11) is 0. The number of carboxylic acids is 1. The number of carbonyl (C=O) groups is 2. The summed E-state index contributed by atoms with van der Waals surface area (Å²) in [5.74, 6) is -1.38. The van der Waals surface area contributed by atoms with Crippen molar-refractivity contribution in [3.63, 3.8) is 0 Å². The summed E-state index contributed by atoms with van der Waals surface area (Å²) >= 11 is 5.94. The molecule has 0 spiro atoms. The van der Waals surface area contributed by atoms with Gasteiger partial charge in [0.05, 0.1) is 5.02 Å². The number of amides is 1. The Kier molecular flexibility index (Phi) is 3.95. The van der Waals surface area contributed by atoms with Crippen LogP contribution >= 0.6 is 11.6 Å². The quantitative estimate of drug-likeness (QED) is 0.814. The Hall–Kier alpha value is -1.75. The van der Waals surface area contributed by atoms with Crippen LogP contribution in [0, 0.1) is 0 Å². The van der Waals surface area contributed by atoms with Crippen LogP contribution in [0.5, 0.6) is 0 Å². The second-order valence-corrected chi connectivity index (χ2v) is 4.99. The number of nitrogens with zero attached hydrogens (tertiary/aromatic N) is 2. The van der Waals surface area contributed by atoms with Crippen molar-refractivity contribution in [2.24, 2.45) is 0 Å². The molecular weight excluding hydrogens is 268 g/mol. The summed E-state index contributed by atoms with van der Waals surface area (Å²) in [4.78, 5) is 24.4. The molecule has 19 heavy (non-hydrogen) atoms. The molecule has 0 aromatic carbocycles. The minimum Gasteiger partial charge on any atom is -0.480 e. The lowest BCUT2D eigenvalue weighted by Gasteiger charge is -2.19. The standard InChI is InChI=1S/C13H15ClN2O3/c1-2-5-15(8-12(17)18)13(19)11-6-9(14)7-16(11)10-3-4-10/h2,6-7,10H,1,3-5,8H2,(H,17,18). The molecule has 1 saturated carbocycles. The van der Waals surface area contributed by atoms with Crippen molar-refractivity contribution in [1.29, 1.82) is 0 Å². The lowest BCUT2D eigenvalue weighted by molar-refractivity contribution is -0.137. The van der Waals surface area contributed by atoms with Gasteiger partial charge in [-0.15, -0.1) is 6.58 Å². The zero-order valence-corrected chi connectivity index (χ0v) is 11.1. The summed E-state index contributed by atoms with van der Waals surface area (Å²) < 4.78 is 1.84. The summed E-state index contributed by atoms with van der Waals surface area (Å²) in [5.41, 5.74) is 0.440. The zero-order valence-electron chi connectivity index (χ0n) is 10.4. The first-order chi connectivity index (χ1) is 9.02. The monoisotopic (exact) mass is 282 g/mol. The van der Waals surface area contributed by atoms with Crippen LogP contribution in [0.2, 0.25) is 5.02 Å². The first-order valence-corrected chi connectivity index (χ1v) is 6.40. The molecule has 1 fully saturated rings. The lowest BCUT2D eigenvalue weighted by Crippen LogP contribution is -2.36. The lowest BCUT2D eigenvalue weighted by atomic mass is 10.3. The topological polar surface area (TPSA) is 62.5 Å². The van der Waals surface area contributed by atoms with Crippen LogP contribution in [0.1, 0.15) is 29.4 Å². The van der Waals surface area contributed by atoms with Crippen LogP contribution in [0.4, 0.5) is 0 Å². The van der Waals surface area contributed by atoms with E-state index < -0.39 is 5.97 Å². The van der Waals surface area contributed by atoms with Gasteiger partial charge in [-0.1, -0.05) is 17.7 Å². The van der Waals surface area contributed by atoms with Crippen molar-refractivity contribution in [2.75, 3.05) is 13.1 Å². The highest BCUT2D eigenvalue weighted by atomic mass is 35.5. The fraction of sp³-hybridized carbons (Fsp3) is 0.385. The second-order valence-electron chi connectivity index (χ2n) is 4.55. The Balaban J connectivity index is 2.25. The average Bonchev–Trinajstić information content (AvgIpc) is 3.10. The van der Waals surface area contributed by atoms with E-state index in [0.29, 0.717) is 16.8 Å². The largest absolute Gasteiger partial charge is 0.480 e. The predicted molar refractivity (Wildman–Crippen MR) is 71.4 cm³/mol. The van der Waals surface area contributed by atoms with E-state index in [4.69, 9.17) is 16.7 Å². The van der Waals surface area contributed by atoms with Crippen LogP contribution in [0.3, 0.4) is 0 Å². The van der Waals surface area contributed by atoms with E-state index in [1.807, 2.05) is 4.57 Å². The number of rotatable bonds is 6. The van der Waals surface area contributed by atoms with Crippen LogP contribution in [-0.2, 0) is 4.79 Å². The number of carbonyl (C=O) groups excluding carboxylic acids is 1. The van der Waals surface area contributed by atoms with Gasteiger partial charge in [0.15, 0.2) is 0 Å². The van der Waals surface area contributed by atoms with Crippen LogP contribution in [-0.4, -0.2) is 39.5 Å². The van der Waals surface area contributed by atoms with Gasteiger partial charge in [0.25, 0.3) is 5.91 Å². The van der Waals surface area contributed by atoms with Crippen molar-refractivity contribution in [1.82, 2.24) is 9.47 Å². The van der Waals surface area contributed by atoms with Gasteiger partial charge in [0, 0.05) is 18.8 Å². The summed E-state index contributed by atoms with van der Waals surface area (Å²) in [6, 6.07) is 1.89. The fourth-order valence-corrected chi connectivity index (χ4v) is 2.18. The van der Waals surface area contributed by atoms with E-state index >= 15 is 0 Å². The van der Waals surface area contributed by atoms with Crippen molar-refractivity contribution in [2.45, 2.75) is 18.9 Å². The van der Waals surface area contributed by atoms with Crippen molar-refractivity contribution < 1.29 is 14.7 Å². The SMILES string of the molecule is C=CCN(CC(=O)O)C(=O)c1cc(Cl)cn1C1CC1. The van der Waals surface area contributed by atoms with Gasteiger partial charge >= 0.3 is 5.97 Å². The number of aliphatic carboxylic acids is 1. The van der Waals surface area contributed by atoms with Crippen molar-refractivity contribution >= 4 is 23.5 Å². The van der Waals surface area contributed by atoms with E-state index in [0.717, 1.165) is 12.8 Å². The van der Waals surface area contributed by atoms with Gasteiger partial charge in [0.2, 0.25) is 0 Å². The van der Waals surface area contributed by atoms with Gasteiger partial charge in [-0.25, -0.2) is 0 Å². The molecule has 0 atom stereocenters. The van der Waals surface area contributed by atoms with Crippen LogP contribution in [0.25, 0.3) is 0 Å². The van der Waals surface area contributed by atoms with Gasteiger partial charge in [-0.05, 0) is 18.9 Å².